The largest absolute Gasteiger partial charge is 0.334 e. The molecule has 0 aromatic heterocycles. The summed E-state index contributed by atoms with van der Waals surface area (Å²) < 4.78 is 13.3. The van der Waals surface area contributed by atoms with Gasteiger partial charge in [0.1, 0.15) is 5.82 Å². The number of carbonyl (C=O) groups excluding carboxylic acids is 1. The van der Waals surface area contributed by atoms with Crippen LogP contribution in [-0.2, 0) is 13.1 Å². The molecule has 1 aliphatic heterocycles. The molecule has 0 radical (unpaired) electrons. The van der Waals surface area contributed by atoms with Crippen molar-refractivity contribution < 1.29 is 9.18 Å². The number of halogens is 2. The Morgan fingerprint density at radius 3 is 2.62 bits per heavy atom. The maximum Gasteiger partial charge on any atom is 0.315 e. The highest BCUT2D eigenvalue weighted by molar-refractivity contribution is 6.30. The molecule has 1 saturated heterocycles. The van der Waals surface area contributed by atoms with Crippen LogP contribution < -0.4 is 10.6 Å². The van der Waals surface area contributed by atoms with Gasteiger partial charge in [0.05, 0.1) is 11.1 Å². The lowest BCUT2D eigenvalue weighted by molar-refractivity contribution is 0.122. The van der Waals surface area contributed by atoms with E-state index in [9.17, 15) is 9.18 Å². The van der Waals surface area contributed by atoms with Crippen molar-refractivity contribution in [3.63, 3.8) is 0 Å². The Kier molecular flexibility index (Phi) is 5.33. The van der Waals surface area contributed by atoms with Gasteiger partial charge in [-0.15, -0.1) is 0 Å². The van der Waals surface area contributed by atoms with E-state index >= 15 is 0 Å². The number of urea groups is 1. The zero-order valence-corrected chi connectivity index (χ0v) is 13.9. The molecule has 4 nitrogen and oxygen atoms in total. The third-order valence-electron chi connectivity index (χ3n) is 3.98. The molecule has 126 valence electrons. The summed E-state index contributed by atoms with van der Waals surface area (Å²) in [5.74, 6) is -0.480. The number of likely N-dealkylation sites (tertiary alicyclic amines) is 1. The van der Waals surface area contributed by atoms with E-state index in [4.69, 9.17) is 11.6 Å². The Morgan fingerprint density at radius 1 is 1.17 bits per heavy atom. The summed E-state index contributed by atoms with van der Waals surface area (Å²) in [6, 6.07) is 14.7. The molecule has 0 saturated carbocycles. The summed E-state index contributed by atoms with van der Waals surface area (Å²) in [7, 11) is 0. The lowest BCUT2D eigenvalue weighted by Gasteiger charge is -2.39. The molecule has 0 aliphatic carbocycles. The van der Waals surface area contributed by atoms with Gasteiger partial charge in [0.15, 0.2) is 0 Å². The third kappa shape index (κ3) is 4.46. The minimum Gasteiger partial charge on any atom is -0.334 e. The Hall–Kier alpha value is -2.11. The standard InChI is InChI=1S/C18H19ClFN3O/c19-16-7-6-14(8-17(16)20)9-21-18(24)22-15-11-23(12-15)10-13-4-2-1-3-5-13/h1-8,15H,9-12H2,(H2,21,22,24). The molecule has 3 rings (SSSR count). The highest BCUT2D eigenvalue weighted by Gasteiger charge is 2.27. The van der Waals surface area contributed by atoms with Crippen LogP contribution in [0.1, 0.15) is 11.1 Å². The fourth-order valence-corrected chi connectivity index (χ4v) is 2.82. The monoisotopic (exact) mass is 347 g/mol. The maximum absolute atomic E-state index is 13.3. The van der Waals surface area contributed by atoms with Gasteiger partial charge in [0.2, 0.25) is 0 Å². The molecule has 0 bridgehead atoms. The number of benzene rings is 2. The van der Waals surface area contributed by atoms with Crippen LogP contribution in [0.5, 0.6) is 0 Å². The number of hydrogen-bond donors (Lipinski definition) is 2. The first-order valence-electron chi connectivity index (χ1n) is 7.85. The smallest absolute Gasteiger partial charge is 0.315 e. The summed E-state index contributed by atoms with van der Waals surface area (Å²) in [5, 5.41) is 5.73. The summed E-state index contributed by atoms with van der Waals surface area (Å²) in [6.07, 6.45) is 0. The van der Waals surface area contributed by atoms with E-state index in [1.165, 1.54) is 17.7 Å². The first-order chi connectivity index (χ1) is 11.6. The summed E-state index contributed by atoms with van der Waals surface area (Å²) >= 11 is 5.63. The highest BCUT2D eigenvalue weighted by atomic mass is 35.5. The molecule has 24 heavy (non-hydrogen) atoms. The fraction of sp³-hybridized carbons (Fsp3) is 0.278. The molecule has 0 spiro atoms. The molecule has 0 atom stereocenters. The van der Waals surface area contributed by atoms with Gasteiger partial charge in [0.25, 0.3) is 0 Å². The van der Waals surface area contributed by atoms with Gasteiger partial charge in [-0.2, -0.15) is 0 Å². The Bertz CT molecular complexity index is 705. The highest BCUT2D eigenvalue weighted by Crippen LogP contribution is 2.15. The summed E-state index contributed by atoms with van der Waals surface area (Å²) in [4.78, 5) is 14.1. The zero-order chi connectivity index (χ0) is 16.9. The van der Waals surface area contributed by atoms with Gasteiger partial charge in [-0.05, 0) is 23.3 Å². The molecule has 2 aromatic carbocycles. The van der Waals surface area contributed by atoms with Crippen molar-refractivity contribution in [2.24, 2.45) is 0 Å². The van der Waals surface area contributed by atoms with Crippen molar-refractivity contribution in [2.45, 2.75) is 19.1 Å². The summed E-state index contributed by atoms with van der Waals surface area (Å²) in [5.41, 5.74) is 1.94. The van der Waals surface area contributed by atoms with Crippen LogP contribution in [0.2, 0.25) is 5.02 Å². The lowest BCUT2D eigenvalue weighted by atomic mass is 10.1. The maximum atomic E-state index is 13.3. The van der Waals surface area contributed by atoms with Gasteiger partial charge < -0.3 is 10.6 Å². The SMILES string of the molecule is O=C(NCc1ccc(Cl)c(F)c1)NC1CN(Cc2ccccc2)C1. The Morgan fingerprint density at radius 2 is 1.92 bits per heavy atom. The molecule has 6 heteroatoms. The molecule has 2 aromatic rings. The first-order valence-corrected chi connectivity index (χ1v) is 8.22. The van der Waals surface area contributed by atoms with E-state index in [1.807, 2.05) is 18.2 Å². The van der Waals surface area contributed by atoms with Crippen molar-refractivity contribution in [2.75, 3.05) is 13.1 Å². The van der Waals surface area contributed by atoms with E-state index in [0.717, 1.165) is 19.6 Å². The van der Waals surface area contributed by atoms with Crippen LogP contribution in [0.25, 0.3) is 0 Å². The molecule has 1 fully saturated rings. The van der Waals surface area contributed by atoms with E-state index in [0.29, 0.717) is 5.56 Å². The van der Waals surface area contributed by atoms with Crippen LogP contribution in [0.3, 0.4) is 0 Å². The minimum absolute atomic E-state index is 0.0798. The number of rotatable bonds is 5. The van der Waals surface area contributed by atoms with Crippen molar-refractivity contribution in [3.8, 4) is 0 Å². The second kappa shape index (κ2) is 7.64. The molecule has 0 unspecified atom stereocenters. The normalized spacial score (nSPS) is 14.9. The number of nitrogens with zero attached hydrogens (tertiary/aromatic N) is 1. The average molecular weight is 348 g/mol. The van der Waals surface area contributed by atoms with Crippen LogP contribution in [0.15, 0.2) is 48.5 Å². The van der Waals surface area contributed by atoms with E-state index in [1.54, 1.807) is 6.07 Å². The number of carbonyl (C=O) groups is 1. The Balaban J connectivity index is 1.37. The van der Waals surface area contributed by atoms with Gasteiger partial charge in [-0.25, -0.2) is 9.18 Å². The van der Waals surface area contributed by atoms with Gasteiger partial charge >= 0.3 is 6.03 Å². The van der Waals surface area contributed by atoms with Gasteiger partial charge in [-0.1, -0.05) is 48.0 Å². The van der Waals surface area contributed by atoms with Crippen LogP contribution in [0.4, 0.5) is 9.18 Å². The minimum atomic E-state index is -0.480. The van der Waals surface area contributed by atoms with E-state index < -0.39 is 5.82 Å². The molecule has 2 amide bonds. The molecule has 1 aliphatic rings. The first kappa shape index (κ1) is 16.7. The van der Waals surface area contributed by atoms with Gasteiger partial charge in [0, 0.05) is 26.2 Å². The quantitative estimate of drug-likeness (QED) is 0.872. The second-order valence-corrected chi connectivity index (χ2v) is 6.36. The van der Waals surface area contributed by atoms with E-state index in [-0.39, 0.29) is 23.6 Å². The number of nitrogens with one attached hydrogen (secondary N) is 2. The molecular weight excluding hydrogens is 329 g/mol. The Labute approximate surface area is 145 Å². The zero-order valence-electron chi connectivity index (χ0n) is 13.1. The van der Waals surface area contributed by atoms with Crippen molar-refractivity contribution in [3.05, 3.63) is 70.5 Å². The van der Waals surface area contributed by atoms with Crippen LogP contribution in [-0.4, -0.2) is 30.1 Å². The molecule has 2 N–H and O–H groups in total. The van der Waals surface area contributed by atoms with Crippen LogP contribution in [0, 0.1) is 5.82 Å². The molecular formula is C18H19ClFN3O. The number of hydrogen-bond acceptors (Lipinski definition) is 2. The van der Waals surface area contributed by atoms with Crippen LogP contribution >= 0.6 is 11.6 Å². The lowest BCUT2D eigenvalue weighted by Crippen LogP contribution is -2.60. The third-order valence-corrected chi connectivity index (χ3v) is 4.29. The molecule has 1 heterocycles. The second-order valence-electron chi connectivity index (χ2n) is 5.95. The van der Waals surface area contributed by atoms with Crippen molar-refractivity contribution >= 4 is 17.6 Å². The average Bonchev–Trinajstić information content (AvgIpc) is 2.55. The predicted octanol–water partition coefficient (Wildman–Crippen LogP) is 3.16. The van der Waals surface area contributed by atoms with Crippen molar-refractivity contribution in [1.82, 2.24) is 15.5 Å². The van der Waals surface area contributed by atoms with Crippen molar-refractivity contribution in [1.29, 1.82) is 0 Å². The number of amides is 2. The fourth-order valence-electron chi connectivity index (χ4n) is 2.70. The van der Waals surface area contributed by atoms with Gasteiger partial charge in [-0.3, -0.25) is 4.90 Å². The predicted molar refractivity (Wildman–Crippen MR) is 92.3 cm³/mol. The van der Waals surface area contributed by atoms with E-state index in [2.05, 4.69) is 27.7 Å². The summed E-state index contributed by atoms with van der Waals surface area (Å²) in [6.45, 7) is 2.82. The topological polar surface area (TPSA) is 44.4 Å².